The van der Waals surface area contributed by atoms with Gasteiger partial charge in [0, 0.05) is 29.7 Å². The van der Waals surface area contributed by atoms with Crippen LogP contribution in [-0.2, 0) is 56.1 Å². The molecule has 446 valence electrons. The first-order valence-electron chi connectivity index (χ1n) is 27.5. The number of hydrogen-bond donors (Lipinski definition) is 3. The topological polar surface area (TPSA) is 230 Å². The number of anilines is 3. The highest BCUT2D eigenvalue weighted by Gasteiger charge is 2.56. The highest BCUT2D eigenvalue weighted by Crippen LogP contribution is 2.34. The summed E-state index contributed by atoms with van der Waals surface area (Å²) in [5.74, 6) is -4.45. The third-order valence-electron chi connectivity index (χ3n) is 13.5. The molecule has 7 rings (SSSR count). The lowest BCUT2D eigenvalue weighted by atomic mass is 9.85. The Morgan fingerprint density at radius 3 is 1.37 bits per heavy atom. The molecule has 3 N–H and O–H groups in total. The summed E-state index contributed by atoms with van der Waals surface area (Å²) in [6.45, 7) is 20.9. The van der Waals surface area contributed by atoms with Crippen molar-refractivity contribution in [1.82, 2.24) is 19.6 Å². The van der Waals surface area contributed by atoms with E-state index in [1.807, 2.05) is 82.3 Å². The third kappa shape index (κ3) is 15.6. The van der Waals surface area contributed by atoms with E-state index in [4.69, 9.17) is 37.4 Å². The Morgan fingerprint density at radius 2 is 0.952 bits per heavy atom. The zero-order valence-corrected chi connectivity index (χ0v) is 50.8. The van der Waals surface area contributed by atoms with Gasteiger partial charge >= 0.3 is 12.1 Å². The van der Waals surface area contributed by atoms with Crippen molar-refractivity contribution in [2.45, 2.75) is 133 Å². The Balaban J connectivity index is 0.000000285. The molecule has 19 nitrogen and oxygen atoms in total. The van der Waals surface area contributed by atoms with Gasteiger partial charge in [0.1, 0.15) is 5.75 Å². The zero-order valence-electron chi connectivity index (χ0n) is 49.3. The normalized spacial score (nSPS) is 16.4. The molecular formula is C63H73Cl2N7O12. The number of ether oxygens (including phenoxy) is 3. The smallest absolute Gasteiger partial charge is 0.330 e. The molecule has 5 aromatic rings. The fourth-order valence-corrected chi connectivity index (χ4v) is 9.47. The summed E-state index contributed by atoms with van der Waals surface area (Å²) in [5, 5.41) is 8.42. The highest BCUT2D eigenvalue weighted by atomic mass is 35.5. The average molecular weight is 1190 g/mol. The average Bonchev–Trinajstić information content (AvgIpc) is 3.21. The van der Waals surface area contributed by atoms with Crippen molar-refractivity contribution in [1.29, 1.82) is 0 Å². The van der Waals surface area contributed by atoms with Gasteiger partial charge in [-0.15, -0.1) is 0 Å². The number of rotatable bonds is 21. The van der Waals surface area contributed by atoms with Crippen molar-refractivity contribution < 1.29 is 57.4 Å². The number of carbonyl (C=O) groups is 9. The number of benzene rings is 5. The predicted octanol–water partition coefficient (Wildman–Crippen LogP) is 10.9. The molecule has 0 bridgehead atoms. The zero-order chi connectivity index (χ0) is 62.0. The number of halogens is 2. The lowest BCUT2D eigenvalue weighted by Crippen LogP contribution is -2.55. The lowest BCUT2D eigenvalue weighted by molar-refractivity contribution is -0.149. The Morgan fingerprint density at radius 1 is 0.536 bits per heavy atom. The Kier molecular flexibility index (Phi) is 21.8. The molecule has 2 saturated heterocycles. The van der Waals surface area contributed by atoms with Crippen LogP contribution in [-0.4, -0.2) is 117 Å². The molecule has 0 spiro atoms. The number of ketones is 2. The van der Waals surface area contributed by atoms with Gasteiger partial charge in [-0.05, 0) is 99.7 Å². The minimum absolute atomic E-state index is 0.0180. The molecule has 5 aromatic carbocycles. The van der Waals surface area contributed by atoms with Crippen LogP contribution in [0.4, 0.5) is 26.7 Å². The van der Waals surface area contributed by atoms with E-state index in [1.165, 1.54) is 21.9 Å². The van der Waals surface area contributed by atoms with Gasteiger partial charge in [-0.25, -0.2) is 19.4 Å². The van der Waals surface area contributed by atoms with Crippen LogP contribution in [0.15, 0.2) is 115 Å². The van der Waals surface area contributed by atoms with Crippen LogP contribution in [0.5, 0.6) is 5.75 Å². The van der Waals surface area contributed by atoms with E-state index in [2.05, 4.69) is 16.0 Å². The van der Waals surface area contributed by atoms with Gasteiger partial charge in [0.2, 0.25) is 12.5 Å². The largest absolute Gasteiger partial charge is 0.480 e. The molecule has 0 aromatic heterocycles. The Hall–Kier alpha value is -7.97. The molecular weight excluding hydrogens is 1120 g/mol. The van der Waals surface area contributed by atoms with Crippen molar-refractivity contribution in [3.8, 4) is 5.75 Å². The molecule has 0 saturated carbocycles. The summed E-state index contributed by atoms with van der Waals surface area (Å²) < 4.78 is 17.3. The number of nitrogens with one attached hydrogen (secondary N) is 3. The molecule has 5 unspecified atom stereocenters. The first kappa shape index (κ1) is 65.2. The van der Waals surface area contributed by atoms with Crippen molar-refractivity contribution >= 4 is 93.4 Å². The summed E-state index contributed by atoms with van der Waals surface area (Å²) in [6, 6.07) is 28.1. The molecule has 2 aliphatic rings. The first-order valence-corrected chi connectivity index (χ1v) is 28.3. The standard InChI is InChI=1S/C37H43ClN4O7.C26H30ClN3O5/c1-8-28(49-29-18-15-22(3)19-23(29)4)32(44)39-25-16-17-26(38)27(20-25)40-33(45)30(31(43)37(5,6)7)42-34(46)35(48-9-2)41(36(42)47)21-24-13-11-10-12-14-24;1-6-35-24-23(33)30(25(34)29(24)15-17-10-8-7-9-11-17)20(21(31)26(3,4)5)22(32)28-19-14-16(2)12-13-18(19)27/h10-20,28,30,35H,8-9,21H2,1-7H3,(H,39,44)(H,40,45);7-14,20,24H,6,15H2,1-5H3,(H,28,32). The van der Waals surface area contributed by atoms with E-state index in [1.54, 1.807) is 104 Å². The minimum Gasteiger partial charge on any atom is -0.480 e. The lowest BCUT2D eigenvalue weighted by Gasteiger charge is -2.29. The first-order chi connectivity index (χ1) is 39.6. The molecule has 0 radical (unpaired) electrons. The maximum atomic E-state index is 14.0. The molecule has 21 heteroatoms. The van der Waals surface area contributed by atoms with Gasteiger partial charge < -0.3 is 30.2 Å². The molecule has 2 fully saturated rings. The molecule has 9 amide bonds. The number of aryl methyl sites for hydroxylation is 3. The molecule has 84 heavy (non-hydrogen) atoms. The summed E-state index contributed by atoms with van der Waals surface area (Å²) in [4.78, 5) is 126. The second-order valence-electron chi connectivity index (χ2n) is 22.3. The molecule has 5 atom stereocenters. The maximum absolute atomic E-state index is 14.0. The predicted molar refractivity (Wildman–Crippen MR) is 320 cm³/mol. The van der Waals surface area contributed by atoms with Crippen molar-refractivity contribution in [3.63, 3.8) is 0 Å². The van der Waals surface area contributed by atoms with Crippen molar-refractivity contribution in [2.75, 3.05) is 29.2 Å². The SMILES string of the molecule is CCOC1C(=O)N(C(C(=O)Nc2cc(C)ccc2Cl)C(=O)C(C)(C)C)C(=O)N1Cc1ccccc1.CCOC1C(=O)N(C(C(=O)Nc2cc(NC(=O)C(CC)Oc3ccc(C)cc3C)ccc2Cl)C(=O)C(C)(C)C)C(=O)N1Cc1ccccc1. The van der Waals surface area contributed by atoms with Crippen LogP contribution >= 0.6 is 23.2 Å². The second-order valence-corrected chi connectivity index (χ2v) is 23.1. The summed E-state index contributed by atoms with van der Waals surface area (Å²) in [5.41, 5.74) is 2.80. The maximum Gasteiger partial charge on any atom is 0.330 e. The number of nitrogens with zero attached hydrogens (tertiary/aromatic N) is 4. The van der Waals surface area contributed by atoms with Crippen molar-refractivity contribution in [3.05, 3.63) is 153 Å². The van der Waals surface area contributed by atoms with Crippen LogP contribution < -0.4 is 20.7 Å². The number of imide groups is 2. The summed E-state index contributed by atoms with van der Waals surface area (Å²) >= 11 is 12.7. The van der Waals surface area contributed by atoms with Gasteiger partial charge in [0.25, 0.3) is 29.5 Å². The molecule has 2 heterocycles. The number of Topliss-reactive ketones (excluding diaryl/α,β-unsaturated/α-hetero) is 2. The van der Waals surface area contributed by atoms with Crippen LogP contribution in [0.3, 0.4) is 0 Å². The van der Waals surface area contributed by atoms with Gasteiger partial charge in [-0.3, -0.25) is 43.4 Å². The Labute approximate surface area is 500 Å². The fourth-order valence-electron chi connectivity index (χ4n) is 9.14. The van der Waals surface area contributed by atoms with Gasteiger partial charge in [-0.2, -0.15) is 0 Å². The third-order valence-corrected chi connectivity index (χ3v) is 14.2. The van der Waals surface area contributed by atoms with Crippen LogP contribution in [0.2, 0.25) is 10.0 Å². The summed E-state index contributed by atoms with van der Waals surface area (Å²) in [6.07, 6.45) is -3.01. The van der Waals surface area contributed by atoms with Crippen molar-refractivity contribution in [2.24, 2.45) is 10.8 Å². The van der Waals surface area contributed by atoms with Crippen LogP contribution in [0, 0.1) is 31.6 Å². The molecule has 2 aliphatic heterocycles. The number of carbonyl (C=O) groups excluding carboxylic acids is 9. The Bertz CT molecular complexity index is 3280. The van der Waals surface area contributed by atoms with Gasteiger partial charge in [-0.1, -0.05) is 156 Å². The van der Waals surface area contributed by atoms with E-state index < -0.39 is 94.6 Å². The van der Waals surface area contributed by atoms with E-state index >= 15 is 0 Å². The fraction of sp³-hybridized carbons (Fsp3) is 0.381. The van der Waals surface area contributed by atoms with Crippen LogP contribution in [0.25, 0.3) is 0 Å². The quantitative estimate of drug-likeness (QED) is 0.0460. The minimum atomic E-state index is -1.84. The molecule has 0 aliphatic carbocycles. The number of urea groups is 2. The highest BCUT2D eigenvalue weighted by molar-refractivity contribution is 6.35. The van der Waals surface area contributed by atoms with E-state index in [0.717, 1.165) is 32.7 Å². The summed E-state index contributed by atoms with van der Waals surface area (Å²) in [7, 11) is 0. The van der Waals surface area contributed by atoms with E-state index in [-0.39, 0.29) is 47.7 Å². The number of amides is 9. The van der Waals surface area contributed by atoms with E-state index in [0.29, 0.717) is 22.8 Å². The van der Waals surface area contributed by atoms with E-state index in [9.17, 15) is 43.2 Å². The van der Waals surface area contributed by atoms with Gasteiger partial charge in [0.15, 0.2) is 29.8 Å². The van der Waals surface area contributed by atoms with Gasteiger partial charge in [0.05, 0.1) is 34.5 Å². The second kappa shape index (κ2) is 28.1. The van der Waals surface area contributed by atoms with Crippen LogP contribution in [0.1, 0.15) is 96.6 Å². The monoisotopic (exact) mass is 1190 g/mol. The number of hydrogen-bond acceptors (Lipinski definition) is 12.